The van der Waals surface area contributed by atoms with Crippen molar-refractivity contribution in [3.05, 3.63) is 35.9 Å². The van der Waals surface area contributed by atoms with Gasteiger partial charge >= 0.3 is 0 Å². The first-order valence-electron chi connectivity index (χ1n) is 7.82. The van der Waals surface area contributed by atoms with Crippen molar-refractivity contribution in [2.75, 3.05) is 11.5 Å². The van der Waals surface area contributed by atoms with Gasteiger partial charge in [-0.05, 0) is 11.8 Å². The summed E-state index contributed by atoms with van der Waals surface area (Å²) < 4.78 is 0. The number of ketones is 1. The Kier molecular flexibility index (Phi) is 6.21. The van der Waals surface area contributed by atoms with Crippen molar-refractivity contribution in [1.82, 2.24) is 16.2 Å². The molecule has 1 heterocycles. The predicted molar refractivity (Wildman–Crippen MR) is 94.2 cm³/mol. The molecule has 0 radical (unpaired) electrons. The third kappa shape index (κ3) is 5.64. The van der Waals surface area contributed by atoms with Gasteiger partial charge in [-0.3, -0.25) is 15.0 Å². The number of hydrogen-bond donors (Lipinski definition) is 3. The molecule has 1 aliphatic rings. The molecule has 3 N–H and O–H groups in total. The molecule has 2 unspecified atom stereocenters. The Bertz CT molecular complexity index is 543. The summed E-state index contributed by atoms with van der Waals surface area (Å²) in [5, 5.41) is 2.95. The molecular weight excluding hydrogens is 310 g/mol. The number of nitrogens with one attached hydrogen (secondary N) is 3. The minimum atomic E-state index is -0.0582. The SMILES string of the molecule is CC(C)(C)C1CC(NC(=O)CSCC(=O)c2ccccc2)NN1. The Morgan fingerprint density at radius 3 is 2.48 bits per heavy atom. The van der Waals surface area contributed by atoms with E-state index in [4.69, 9.17) is 0 Å². The van der Waals surface area contributed by atoms with Crippen LogP contribution >= 0.6 is 11.8 Å². The van der Waals surface area contributed by atoms with Crippen molar-refractivity contribution >= 4 is 23.5 Å². The zero-order chi connectivity index (χ0) is 16.9. The Balaban J connectivity index is 1.67. The van der Waals surface area contributed by atoms with E-state index in [0.717, 1.165) is 6.42 Å². The number of hydrazine groups is 1. The van der Waals surface area contributed by atoms with Crippen LogP contribution in [-0.2, 0) is 4.79 Å². The lowest BCUT2D eigenvalue weighted by molar-refractivity contribution is -0.119. The highest BCUT2D eigenvalue weighted by atomic mass is 32.2. The lowest BCUT2D eigenvalue weighted by Gasteiger charge is -2.25. The molecule has 1 saturated heterocycles. The number of carbonyl (C=O) groups excluding carboxylic acids is 2. The van der Waals surface area contributed by atoms with Crippen LogP contribution in [0.2, 0.25) is 0 Å². The van der Waals surface area contributed by atoms with Gasteiger partial charge in [-0.2, -0.15) is 0 Å². The van der Waals surface area contributed by atoms with E-state index >= 15 is 0 Å². The summed E-state index contributed by atoms with van der Waals surface area (Å²) in [4.78, 5) is 23.9. The van der Waals surface area contributed by atoms with E-state index in [1.807, 2.05) is 18.2 Å². The number of hydrogen-bond acceptors (Lipinski definition) is 5. The molecule has 2 rings (SSSR count). The maximum atomic E-state index is 12.0. The van der Waals surface area contributed by atoms with Crippen LogP contribution in [0.5, 0.6) is 0 Å². The van der Waals surface area contributed by atoms with Crippen molar-refractivity contribution in [3.8, 4) is 0 Å². The average molecular weight is 335 g/mol. The zero-order valence-electron chi connectivity index (χ0n) is 13.9. The number of benzene rings is 1. The molecule has 2 atom stereocenters. The molecular formula is C17H25N3O2S. The van der Waals surface area contributed by atoms with Gasteiger partial charge in [0.2, 0.25) is 5.91 Å². The van der Waals surface area contributed by atoms with Gasteiger partial charge in [0.25, 0.3) is 0 Å². The lowest BCUT2D eigenvalue weighted by Crippen LogP contribution is -2.45. The zero-order valence-corrected chi connectivity index (χ0v) is 14.7. The Morgan fingerprint density at radius 1 is 1.17 bits per heavy atom. The van der Waals surface area contributed by atoms with E-state index in [1.54, 1.807) is 12.1 Å². The first-order chi connectivity index (χ1) is 10.9. The number of rotatable bonds is 6. The second-order valence-electron chi connectivity index (χ2n) is 6.85. The van der Waals surface area contributed by atoms with Crippen LogP contribution in [-0.4, -0.2) is 35.4 Å². The molecule has 1 aromatic rings. The minimum Gasteiger partial charge on any atom is -0.339 e. The van der Waals surface area contributed by atoms with Crippen molar-refractivity contribution in [3.63, 3.8) is 0 Å². The number of carbonyl (C=O) groups is 2. The number of amides is 1. The van der Waals surface area contributed by atoms with Crippen LogP contribution in [0.3, 0.4) is 0 Å². The number of thioether (sulfide) groups is 1. The standard InChI is InChI=1S/C17H25N3O2S/c1-17(2,3)14-9-15(20-19-14)18-16(22)11-23-10-13(21)12-7-5-4-6-8-12/h4-8,14-15,19-20H,9-11H2,1-3H3,(H,18,22). The lowest BCUT2D eigenvalue weighted by atomic mass is 9.85. The summed E-state index contributed by atoms with van der Waals surface area (Å²) in [6.45, 7) is 6.50. The Hall–Kier alpha value is -1.37. The molecule has 1 amide bonds. The van der Waals surface area contributed by atoms with E-state index in [0.29, 0.717) is 17.4 Å². The molecule has 0 spiro atoms. The minimum absolute atomic E-state index is 0.0512. The average Bonchev–Trinajstić information content (AvgIpc) is 2.96. The molecule has 0 saturated carbocycles. The molecule has 126 valence electrons. The van der Waals surface area contributed by atoms with E-state index in [2.05, 4.69) is 36.9 Å². The van der Waals surface area contributed by atoms with Gasteiger partial charge in [0.15, 0.2) is 5.78 Å². The summed E-state index contributed by atoms with van der Waals surface area (Å²) in [7, 11) is 0. The van der Waals surface area contributed by atoms with Crippen molar-refractivity contribution < 1.29 is 9.59 Å². The molecule has 1 fully saturated rings. The fraction of sp³-hybridized carbons (Fsp3) is 0.529. The fourth-order valence-corrected chi connectivity index (χ4v) is 3.12. The molecule has 1 aromatic carbocycles. The molecule has 0 bridgehead atoms. The monoisotopic (exact) mass is 335 g/mol. The van der Waals surface area contributed by atoms with Crippen molar-refractivity contribution in [2.45, 2.75) is 39.4 Å². The van der Waals surface area contributed by atoms with E-state index in [9.17, 15) is 9.59 Å². The maximum absolute atomic E-state index is 12.0. The Labute approximate surface area is 142 Å². The third-order valence-electron chi connectivity index (χ3n) is 3.85. The highest BCUT2D eigenvalue weighted by Crippen LogP contribution is 2.24. The third-order valence-corrected chi connectivity index (χ3v) is 4.78. The highest BCUT2D eigenvalue weighted by molar-refractivity contribution is 8.00. The molecule has 5 nitrogen and oxygen atoms in total. The topological polar surface area (TPSA) is 70.2 Å². The molecule has 0 aromatic heterocycles. The van der Waals surface area contributed by atoms with Crippen LogP contribution in [0, 0.1) is 5.41 Å². The van der Waals surface area contributed by atoms with E-state index < -0.39 is 0 Å². The smallest absolute Gasteiger partial charge is 0.231 e. The fourth-order valence-electron chi connectivity index (χ4n) is 2.40. The quantitative estimate of drug-likeness (QED) is 0.693. The van der Waals surface area contributed by atoms with Crippen LogP contribution in [0.4, 0.5) is 0 Å². The predicted octanol–water partition coefficient (Wildman–Crippen LogP) is 1.96. The first-order valence-corrected chi connectivity index (χ1v) is 8.98. The summed E-state index contributed by atoms with van der Waals surface area (Å²) in [5.41, 5.74) is 7.17. The molecule has 1 aliphatic heterocycles. The van der Waals surface area contributed by atoms with Crippen LogP contribution in [0.1, 0.15) is 37.6 Å². The summed E-state index contributed by atoms with van der Waals surface area (Å²) in [6, 6.07) is 9.47. The molecule has 23 heavy (non-hydrogen) atoms. The first kappa shape index (κ1) is 18.0. The molecule has 0 aliphatic carbocycles. The maximum Gasteiger partial charge on any atom is 0.231 e. The Morgan fingerprint density at radius 2 is 1.87 bits per heavy atom. The van der Waals surface area contributed by atoms with Crippen molar-refractivity contribution in [2.24, 2.45) is 5.41 Å². The highest BCUT2D eigenvalue weighted by Gasteiger charge is 2.33. The van der Waals surface area contributed by atoms with Gasteiger partial charge < -0.3 is 5.32 Å². The molecule has 6 heteroatoms. The van der Waals surface area contributed by atoms with Crippen LogP contribution < -0.4 is 16.2 Å². The summed E-state index contributed by atoms with van der Waals surface area (Å²) in [6.07, 6.45) is 0.792. The second kappa shape index (κ2) is 7.95. The van der Waals surface area contributed by atoms with E-state index in [-0.39, 0.29) is 29.0 Å². The normalized spacial score (nSPS) is 21.2. The second-order valence-corrected chi connectivity index (χ2v) is 7.83. The van der Waals surface area contributed by atoms with Gasteiger partial charge in [-0.1, -0.05) is 51.1 Å². The van der Waals surface area contributed by atoms with E-state index in [1.165, 1.54) is 11.8 Å². The van der Waals surface area contributed by atoms with Gasteiger partial charge in [0, 0.05) is 11.6 Å². The van der Waals surface area contributed by atoms with Gasteiger partial charge in [0.1, 0.15) is 0 Å². The van der Waals surface area contributed by atoms with Crippen LogP contribution in [0.25, 0.3) is 0 Å². The van der Waals surface area contributed by atoms with Gasteiger partial charge in [-0.15, -0.1) is 11.8 Å². The largest absolute Gasteiger partial charge is 0.339 e. The van der Waals surface area contributed by atoms with Crippen LogP contribution in [0.15, 0.2) is 30.3 Å². The van der Waals surface area contributed by atoms with Gasteiger partial charge in [0.05, 0.1) is 17.7 Å². The summed E-state index contributed by atoms with van der Waals surface area (Å²) >= 11 is 1.34. The number of Topliss-reactive ketones (excluding diaryl/α,β-unsaturated/α-hetero) is 1. The van der Waals surface area contributed by atoms with Gasteiger partial charge in [-0.25, -0.2) is 5.43 Å². The summed E-state index contributed by atoms with van der Waals surface area (Å²) in [5.74, 6) is 0.608. The van der Waals surface area contributed by atoms with Crippen molar-refractivity contribution in [1.29, 1.82) is 0 Å².